The van der Waals surface area contributed by atoms with E-state index in [1.165, 1.54) is 31.4 Å². The van der Waals surface area contributed by atoms with Crippen LogP contribution in [0, 0.1) is 27.8 Å². The molecule has 2 aliphatic carbocycles. The van der Waals surface area contributed by atoms with Crippen molar-refractivity contribution in [3.63, 3.8) is 0 Å². The molecule has 0 radical (unpaired) electrons. The molecule has 0 saturated heterocycles. The molecule has 3 unspecified atom stereocenters. The van der Waals surface area contributed by atoms with Crippen LogP contribution >= 0.6 is 0 Å². The van der Waals surface area contributed by atoms with Crippen LogP contribution in [0.25, 0.3) is 0 Å². The molecule has 0 spiro atoms. The summed E-state index contributed by atoms with van der Waals surface area (Å²) in [6.07, 6.45) is 5.02. The van der Waals surface area contributed by atoms with Crippen LogP contribution in [-0.4, -0.2) is 11.0 Å². The van der Waals surface area contributed by atoms with Gasteiger partial charge in [-0.1, -0.05) is 6.42 Å². The Morgan fingerprint density at radius 1 is 1.37 bits per heavy atom. The summed E-state index contributed by atoms with van der Waals surface area (Å²) in [5, 5.41) is 14.3. The van der Waals surface area contributed by atoms with Gasteiger partial charge in [-0.25, -0.2) is 4.39 Å². The molecule has 1 N–H and O–H groups in total. The fraction of sp³-hybridized carbons (Fsp3) is 0.571. The zero-order valence-corrected chi connectivity index (χ0v) is 10.6. The lowest BCUT2D eigenvalue weighted by Crippen LogP contribution is -2.33. The minimum Gasteiger partial charge on any atom is -0.309 e. The van der Waals surface area contributed by atoms with Gasteiger partial charge in [-0.05, 0) is 43.2 Å². The summed E-state index contributed by atoms with van der Waals surface area (Å²) in [5.74, 6) is 1.11. The molecule has 0 amide bonds. The van der Waals surface area contributed by atoms with E-state index in [9.17, 15) is 14.5 Å². The van der Waals surface area contributed by atoms with E-state index in [2.05, 4.69) is 5.32 Å². The number of nitro benzene ring substituents is 1. The standard InChI is InChI=1S/C14H17FN2O2/c15-12-3-4-14(17(18)19)11(7-12)8-16-13-6-9-1-2-10(13)5-9/h3-4,7,9-10,13,16H,1-2,5-6,8H2. The molecule has 2 saturated carbocycles. The van der Waals surface area contributed by atoms with Gasteiger partial charge < -0.3 is 5.32 Å². The molecule has 5 heteroatoms. The smallest absolute Gasteiger partial charge is 0.274 e. The lowest BCUT2D eigenvalue weighted by Gasteiger charge is -2.22. The third-order valence-electron chi connectivity index (χ3n) is 4.53. The van der Waals surface area contributed by atoms with Crippen molar-refractivity contribution >= 4 is 5.69 Å². The van der Waals surface area contributed by atoms with Gasteiger partial charge in [-0.3, -0.25) is 10.1 Å². The average molecular weight is 264 g/mol. The first-order valence-corrected chi connectivity index (χ1v) is 6.79. The van der Waals surface area contributed by atoms with E-state index in [4.69, 9.17) is 0 Å². The van der Waals surface area contributed by atoms with Gasteiger partial charge in [0.25, 0.3) is 5.69 Å². The molecule has 1 aromatic carbocycles. The third kappa shape index (κ3) is 2.47. The number of rotatable bonds is 4. The number of fused-ring (bicyclic) bond motifs is 2. The molecule has 0 aromatic heterocycles. The van der Waals surface area contributed by atoms with Gasteiger partial charge in [0, 0.05) is 24.2 Å². The van der Waals surface area contributed by atoms with Gasteiger partial charge in [-0.15, -0.1) is 0 Å². The molecule has 19 heavy (non-hydrogen) atoms. The number of hydrogen-bond donors (Lipinski definition) is 1. The predicted octanol–water partition coefficient (Wildman–Crippen LogP) is 3.01. The van der Waals surface area contributed by atoms with Gasteiger partial charge >= 0.3 is 0 Å². The van der Waals surface area contributed by atoms with Crippen molar-refractivity contribution < 1.29 is 9.31 Å². The van der Waals surface area contributed by atoms with Crippen LogP contribution in [0.5, 0.6) is 0 Å². The Hall–Kier alpha value is -1.49. The second-order valence-electron chi connectivity index (χ2n) is 5.69. The number of nitrogens with one attached hydrogen (secondary N) is 1. The monoisotopic (exact) mass is 264 g/mol. The van der Waals surface area contributed by atoms with E-state index in [0.29, 0.717) is 24.1 Å². The first-order chi connectivity index (χ1) is 9.13. The number of hydrogen-bond acceptors (Lipinski definition) is 3. The summed E-state index contributed by atoms with van der Waals surface area (Å²) in [4.78, 5) is 10.5. The van der Waals surface area contributed by atoms with Crippen molar-refractivity contribution in [2.45, 2.75) is 38.3 Å². The molecule has 4 nitrogen and oxygen atoms in total. The first-order valence-electron chi connectivity index (χ1n) is 6.79. The highest BCUT2D eigenvalue weighted by atomic mass is 19.1. The van der Waals surface area contributed by atoms with Crippen molar-refractivity contribution in [1.29, 1.82) is 0 Å². The van der Waals surface area contributed by atoms with E-state index < -0.39 is 10.7 Å². The number of halogens is 1. The molecular formula is C14H17FN2O2. The van der Waals surface area contributed by atoms with Crippen LogP contribution in [0.2, 0.25) is 0 Å². The Morgan fingerprint density at radius 3 is 2.84 bits per heavy atom. The number of nitro groups is 1. The second kappa shape index (κ2) is 4.89. The zero-order valence-electron chi connectivity index (χ0n) is 10.6. The summed E-state index contributed by atoms with van der Waals surface area (Å²) in [5.41, 5.74) is 0.435. The maximum atomic E-state index is 13.2. The summed E-state index contributed by atoms with van der Waals surface area (Å²) < 4.78 is 13.2. The first kappa shape index (κ1) is 12.5. The largest absolute Gasteiger partial charge is 0.309 e. The molecule has 0 aliphatic heterocycles. The minimum atomic E-state index is -0.447. The fourth-order valence-electron chi connectivity index (χ4n) is 3.61. The van der Waals surface area contributed by atoms with E-state index in [-0.39, 0.29) is 5.69 Å². The summed E-state index contributed by atoms with van der Waals surface area (Å²) >= 11 is 0. The van der Waals surface area contributed by atoms with E-state index in [0.717, 1.165) is 18.4 Å². The van der Waals surface area contributed by atoms with Gasteiger partial charge in [0.2, 0.25) is 0 Å². The Morgan fingerprint density at radius 2 is 2.21 bits per heavy atom. The quantitative estimate of drug-likeness (QED) is 0.671. The Labute approximate surface area is 111 Å². The van der Waals surface area contributed by atoms with Crippen LogP contribution in [0.15, 0.2) is 18.2 Å². The van der Waals surface area contributed by atoms with Crippen molar-refractivity contribution in [2.75, 3.05) is 0 Å². The van der Waals surface area contributed by atoms with Crippen LogP contribution in [0.3, 0.4) is 0 Å². The van der Waals surface area contributed by atoms with Gasteiger partial charge in [0.05, 0.1) is 4.92 Å². The molecule has 102 valence electrons. The normalized spacial score (nSPS) is 28.8. The van der Waals surface area contributed by atoms with Crippen molar-refractivity contribution in [3.8, 4) is 0 Å². The minimum absolute atomic E-state index is 0.00273. The van der Waals surface area contributed by atoms with Gasteiger partial charge in [-0.2, -0.15) is 0 Å². The second-order valence-corrected chi connectivity index (χ2v) is 5.69. The molecular weight excluding hydrogens is 247 g/mol. The van der Waals surface area contributed by atoms with Crippen LogP contribution in [-0.2, 0) is 6.54 Å². The SMILES string of the molecule is O=[N+]([O-])c1ccc(F)cc1CNC1CC2CCC1C2. The fourth-order valence-corrected chi connectivity index (χ4v) is 3.61. The Balaban J connectivity index is 1.69. The van der Waals surface area contributed by atoms with Crippen LogP contribution in [0.4, 0.5) is 10.1 Å². The maximum absolute atomic E-state index is 13.2. The number of nitrogens with zero attached hydrogens (tertiary/aromatic N) is 1. The topological polar surface area (TPSA) is 55.2 Å². The van der Waals surface area contributed by atoms with E-state index in [1.54, 1.807) is 0 Å². The maximum Gasteiger partial charge on any atom is 0.274 e. The molecule has 2 bridgehead atoms. The Kier molecular flexibility index (Phi) is 3.22. The zero-order chi connectivity index (χ0) is 13.4. The summed E-state index contributed by atoms with van der Waals surface area (Å²) in [6.45, 7) is 0.377. The lowest BCUT2D eigenvalue weighted by atomic mass is 9.95. The van der Waals surface area contributed by atoms with Crippen molar-refractivity contribution in [1.82, 2.24) is 5.32 Å². The van der Waals surface area contributed by atoms with Crippen molar-refractivity contribution in [2.24, 2.45) is 11.8 Å². The van der Waals surface area contributed by atoms with E-state index >= 15 is 0 Å². The lowest BCUT2D eigenvalue weighted by molar-refractivity contribution is -0.385. The highest BCUT2D eigenvalue weighted by Gasteiger charge is 2.39. The van der Waals surface area contributed by atoms with Crippen molar-refractivity contribution in [3.05, 3.63) is 39.7 Å². The average Bonchev–Trinajstić information content (AvgIpc) is 2.98. The molecule has 2 aliphatic rings. The molecule has 2 fully saturated rings. The predicted molar refractivity (Wildman–Crippen MR) is 69.1 cm³/mol. The summed E-state index contributed by atoms with van der Waals surface area (Å²) in [7, 11) is 0. The van der Waals surface area contributed by atoms with Gasteiger partial charge in [0.15, 0.2) is 0 Å². The van der Waals surface area contributed by atoms with Gasteiger partial charge in [0.1, 0.15) is 5.82 Å². The highest BCUT2D eigenvalue weighted by Crippen LogP contribution is 2.44. The molecule has 1 aromatic rings. The molecule has 3 rings (SSSR count). The summed E-state index contributed by atoms with van der Waals surface area (Å²) in [6, 6.07) is 4.09. The van der Waals surface area contributed by atoms with E-state index in [1.807, 2.05) is 0 Å². The molecule has 0 heterocycles. The third-order valence-corrected chi connectivity index (χ3v) is 4.53. The van der Waals surface area contributed by atoms with Crippen LogP contribution in [0.1, 0.15) is 31.2 Å². The number of benzene rings is 1. The van der Waals surface area contributed by atoms with Crippen LogP contribution < -0.4 is 5.32 Å². The Bertz CT molecular complexity index is 506. The molecule has 3 atom stereocenters. The highest BCUT2D eigenvalue weighted by molar-refractivity contribution is 5.40.